The van der Waals surface area contributed by atoms with E-state index in [9.17, 15) is 4.79 Å². The third kappa shape index (κ3) is 4.41. The number of nitrogens with one attached hydrogen (secondary N) is 2. The molecule has 128 valence electrons. The Bertz CT molecular complexity index is 788. The number of benzene rings is 2. The summed E-state index contributed by atoms with van der Waals surface area (Å²) in [5.41, 5.74) is 1.72. The van der Waals surface area contributed by atoms with Crippen LogP contribution in [0.25, 0.3) is 0 Å². The molecule has 2 aromatic carbocycles. The molecule has 0 radical (unpaired) electrons. The van der Waals surface area contributed by atoms with Crippen LogP contribution in [0.2, 0.25) is 0 Å². The first-order valence-corrected chi connectivity index (χ1v) is 8.07. The monoisotopic (exact) mass is 337 g/mol. The highest BCUT2D eigenvalue weighted by atomic mass is 16.5. The van der Waals surface area contributed by atoms with E-state index in [2.05, 4.69) is 25.9 Å². The molecule has 1 heterocycles. The van der Waals surface area contributed by atoms with E-state index in [1.54, 1.807) is 12.1 Å². The van der Waals surface area contributed by atoms with Gasteiger partial charge in [0.1, 0.15) is 11.7 Å². The Kier molecular flexibility index (Phi) is 5.36. The number of carbonyl (C=O) groups is 1. The Morgan fingerprint density at radius 1 is 1.16 bits per heavy atom. The van der Waals surface area contributed by atoms with Gasteiger partial charge < -0.3 is 10.1 Å². The van der Waals surface area contributed by atoms with E-state index in [0.717, 1.165) is 11.3 Å². The number of aromatic amines is 1. The summed E-state index contributed by atoms with van der Waals surface area (Å²) in [7, 11) is 0. The number of amides is 1. The van der Waals surface area contributed by atoms with Gasteiger partial charge in [-0.05, 0) is 43.2 Å². The maximum Gasteiger partial charge on any atom is 0.235 e. The SMILES string of the molecule is CCOc1ccc(NC(=O)C(Cc2ccccc2)c2nn[nH]n2)cc1. The predicted octanol–water partition coefficient (Wildman–Crippen LogP) is 2.56. The average molecular weight is 337 g/mol. The number of carbonyl (C=O) groups excluding carboxylic acids is 1. The second-order valence-corrected chi connectivity index (χ2v) is 5.46. The van der Waals surface area contributed by atoms with Gasteiger partial charge in [0.25, 0.3) is 0 Å². The molecule has 25 heavy (non-hydrogen) atoms. The van der Waals surface area contributed by atoms with Crippen LogP contribution in [0.3, 0.4) is 0 Å². The highest BCUT2D eigenvalue weighted by Gasteiger charge is 2.25. The number of ether oxygens (including phenoxy) is 1. The number of tetrazole rings is 1. The average Bonchev–Trinajstić information content (AvgIpc) is 3.17. The van der Waals surface area contributed by atoms with Crippen molar-refractivity contribution in [1.82, 2.24) is 20.6 Å². The summed E-state index contributed by atoms with van der Waals surface area (Å²) in [5.74, 6) is 0.411. The van der Waals surface area contributed by atoms with Crippen LogP contribution >= 0.6 is 0 Å². The summed E-state index contributed by atoms with van der Waals surface area (Å²) in [4.78, 5) is 12.8. The fraction of sp³-hybridized carbons (Fsp3) is 0.222. The molecule has 7 nitrogen and oxygen atoms in total. The second-order valence-electron chi connectivity index (χ2n) is 5.46. The lowest BCUT2D eigenvalue weighted by Gasteiger charge is -2.14. The summed E-state index contributed by atoms with van der Waals surface area (Å²) in [5, 5.41) is 16.9. The Morgan fingerprint density at radius 3 is 2.56 bits per heavy atom. The molecule has 7 heteroatoms. The minimum atomic E-state index is -0.535. The molecular formula is C18H19N5O2. The topological polar surface area (TPSA) is 92.8 Å². The molecule has 1 atom stereocenters. The molecule has 1 unspecified atom stereocenters. The van der Waals surface area contributed by atoms with Gasteiger partial charge in [-0.25, -0.2) is 0 Å². The van der Waals surface area contributed by atoms with Crippen LogP contribution in [-0.4, -0.2) is 33.1 Å². The molecular weight excluding hydrogens is 318 g/mol. The van der Waals surface area contributed by atoms with Crippen LogP contribution in [0.4, 0.5) is 5.69 Å². The second kappa shape index (κ2) is 8.05. The highest BCUT2D eigenvalue weighted by molar-refractivity contribution is 5.95. The lowest BCUT2D eigenvalue weighted by atomic mass is 9.97. The molecule has 0 aliphatic heterocycles. The smallest absolute Gasteiger partial charge is 0.235 e. The van der Waals surface area contributed by atoms with Crippen LogP contribution < -0.4 is 10.1 Å². The highest BCUT2D eigenvalue weighted by Crippen LogP contribution is 2.21. The quantitative estimate of drug-likeness (QED) is 0.691. The van der Waals surface area contributed by atoms with Gasteiger partial charge in [-0.15, -0.1) is 10.2 Å². The number of nitrogens with zero attached hydrogens (tertiary/aromatic N) is 3. The van der Waals surface area contributed by atoms with Crippen molar-refractivity contribution in [3.05, 3.63) is 66.0 Å². The Morgan fingerprint density at radius 2 is 1.92 bits per heavy atom. The van der Waals surface area contributed by atoms with Crippen molar-refractivity contribution < 1.29 is 9.53 Å². The lowest BCUT2D eigenvalue weighted by molar-refractivity contribution is -0.117. The van der Waals surface area contributed by atoms with Gasteiger partial charge in [-0.2, -0.15) is 5.21 Å². The van der Waals surface area contributed by atoms with Gasteiger partial charge in [-0.3, -0.25) is 4.79 Å². The minimum absolute atomic E-state index is 0.186. The lowest BCUT2D eigenvalue weighted by Crippen LogP contribution is -2.24. The Hall–Kier alpha value is -3.22. The van der Waals surface area contributed by atoms with Crippen molar-refractivity contribution in [3.8, 4) is 5.75 Å². The van der Waals surface area contributed by atoms with Crippen molar-refractivity contribution in [2.24, 2.45) is 0 Å². The number of H-pyrrole nitrogens is 1. The molecule has 0 spiro atoms. The van der Waals surface area contributed by atoms with E-state index in [1.807, 2.05) is 49.4 Å². The van der Waals surface area contributed by atoms with Gasteiger partial charge in [0.2, 0.25) is 5.91 Å². The number of aromatic nitrogens is 4. The first kappa shape index (κ1) is 16.6. The van der Waals surface area contributed by atoms with E-state index in [1.165, 1.54) is 0 Å². The molecule has 3 aromatic rings. The predicted molar refractivity (Wildman–Crippen MR) is 93.3 cm³/mol. The van der Waals surface area contributed by atoms with Gasteiger partial charge in [-0.1, -0.05) is 35.5 Å². The first-order valence-electron chi connectivity index (χ1n) is 8.07. The van der Waals surface area contributed by atoms with Gasteiger partial charge >= 0.3 is 0 Å². The maximum atomic E-state index is 12.8. The van der Waals surface area contributed by atoms with Crippen LogP contribution in [0.15, 0.2) is 54.6 Å². The molecule has 0 saturated heterocycles. The summed E-state index contributed by atoms with van der Waals surface area (Å²) in [6, 6.07) is 17.0. The van der Waals surface area contributed by atoms with E-state index in [0.29, 0.717) is 24.5 Å². The van der Waals surface area contributed by atoms with Crippen molar-refractivity contribution in [3.63, 3.8) is 0 Å². The Balaban J connectivity index is 1.75. The summed E-state index contributed by atoms with van der Waals surface area (Å²) in [6.45, 7) is 2.53. The van der Waals surface area contributed by atoms with Crippen molar-refractivity contribution >= 4 is 11.6 Å². The number of anilines is 1. The molecule has 0 aliphatic carbocycles. The largest absolute Gasteiger partial charge is 0.494 e. The number of rotatable bonds is 7. The number of hydrogen-bond acceptors (Lipinski definition) is 5. The zero-order valence-electron chi connectivity index (χ0n) is 13.8. The fourth-order valence-corrected chi connectivity index (χ4v) is 2.50. The van der Waals surface area contributed by atoms with E-state index < -0.39 is 5.92 Å². The molecule has 1 amide bonds. The molecule has 0 saturated carbocycles. The van der Waals surface area contributed by atoms with E-state index in [-0.39, 0.29) is 5.91 Å². The summed E-state index contributed by atoms with van der Waals surface area (Å²) < 4.78 is 5.41. The molecule has 0 fully saturated rings. The molecule has 0 aliphatic rings. The summed E-state index contributed by atoms with van der Waals surface area (Å²) in [6.07, 6.45) is 0.489. The summed E-state index contributed by atoms with van der Waals surface area (Å²) >= 11 is 0. The molecule has 3 rings (SSSR count). The van der Waals surface area contributed by atoms with E-state index in [4.69, 9.17) is 4.74 Å². The van der Waals surface area contributed by atoms with Crippen LogP contribution in [0, 0.1) is 0 Å². The van der Waals surface area contributed by atoms with Crippen LogP contribution in [-0.2, 0) is 11.2 Å². The number of hydrogen-bond donors (Lipinski definition) is 2. The van der Waals surface area contributed by atoms with Crippen LogP contribution in [0.1, 0.15) is 24.2 Å². The van der Waals surface area contributed by atoms with Crippen molar-refractivity contribution in [2.45, 2.75) is 19.3 Å². The first-order chi connectivity index (χ1) is 12.3. The zero-order valence-corrected chi connectivity index (χ0v) is 13.8. The van der Waals surface area contributed by atoms with Crippen molar-refractivity contribution in [1.29, 1.82) is 0 Å². The molecule has 2 N–H and O–H groups in total. The fourth-order valence-electron chi connectivity index (χ4n) is 2.50. The zero-order chi connectivity index (χ0) is 17.5. The van der Waals surface area contributed by atoms with Crippen LogP contribution in [0.5, 0.6) is 5.75 Å². The maximum absolute atomic E-state index is 12.8. The third-order valence-electron chi connectivity index (χ3n) is 3.71. The third-order valence-corrected chi connectivity index (χ3v) is 3.71. The minimum Gasteiger partial charge on any atom is -0.494 e. The van der Waals surface area contributed by atoms with Gasteiger partial charge in [0.05, 0.1) is 6.61 Å². The normalized spacial score (nSPS) is 11.7. The van der Waals surface area contributed by atoms with Crippen molar-refractivity contribution in [2.75, 3.05) is 11.9 Å². The molecule has 1 aromatic heterocycles. The molecule has 0 bridgehead atoms. The Labute approximate surface area is 145 Å². The van der Waals surface area contributed by atoms with Gasteiger partial charge in [0, 0.05) is 5.69 Å². The van der Waals surface area contributed by atoms with E-state index >= 15 is 0 Å². The standard InChI is InChI=1S/C18H19N5O2/c1-2-25-15-10-8-14(9-11-15)19-18(24)16(17-20-22-23-21-17)12-13-6-4-3-5-7-13/h3-11,16H,2,12H2,1H3,(H,19,24)(H,20,21,22,23). The van der Waals surface area contributed by atoms with Gasteiger partial charge in [0.15, 0.2) is 5.82 Å².